The maximum absolute atomic E-state index is 12.1. The maximum Gasteiger partial charge on any atom is 0.366 e. The standard InChI is InChI=1S/C17H16ClN3O5/c18-12-3-5-13(6-4-12)25-10-2-1-9-20-16(22)11-26-14-7-8-15(21(23)24)19-17(14)20/h3-8H,1-2,9-11H2. The van der Waals surface area contributed by atoms with Gasteiger partial charge in [-0.15, -0.1) is 0 Å². The number of amides is 1. The number of hydrogen-bond acceptors (Lipinski definition) is 6. The summed E-state index contributed by atoms with van der Waals surface area (Å²) in [7, 11) is 0. The molecule has 8 nitrogen and oxygen atoms in total. The second-order valence-corrected chi connectivity index (χ2v) is 6.03. The molecule has 1 aromatic carbocycles. The van der Waals surface area contributed by atoms with Gasteiger partial charge in [0.25, 0.3) is 11.7 Å². The molecule has 1 aliphatic heterocycles. The van der Waals surface area contributed by atoms with Crippen LogP contribution in [0.1, 0.15) is 12.8 Å². The van der Waals surface area contributed by atoms with Crippen LogP contribution < -0.4 is 14.4 Å². The van der Waals surface area contributed by atoms with E-state index in [0.29, 0.717) is 36.8 Å². The monoisotopic (exact) mass is 377 g/mol. The molecule has 1 aliphatic rings. The van der Waals surface area contributed by atoms with E-state index < -0.39 is 4.92 Å². The van der Waals surface area contributed by atoms with Crippen molar-refractivity contribution in [2.45, 2.75) is 12.8 Å². The van der Waals surface area contributed by atoms with Crippen molar-refractivity contribution in [1.82, 2.24) is 4.98 Å². The van der Waals surface area contributed by atoms with E-state index in [9.17, 15) is 14.9 Å². The van der Waals surface area contributed by atoms with Gasteiger partial charge < -0.3 is 19.6 Å². The van der Waals surface area contributed by atoms with E-state index in [0.717, 1.165) is 5.75 Å². The lowest BCUT2D eigenvalue weighted by molar-refractivity contribution is -0.389. The van der Waals surface area contributed by atoms with Crippen molar-refractivity contribution in [2.75, 3.05) is 24.7 Å². The van der Waals surface area contributed by atoms with Crippen LogP contribution in [0.15, 0.2) is 36.4 Å². The van der Waals surface area contributed by atoms with Crippen LogP contribution in [-0.4, -0.2) is 35.6 Å². The van der Waals surface area contributed by atoms with Crippen LogP contribution in [0.5, 0.6) is 11.5 Å². The number of nitro groups is 1. The first kappa shape index (κ1) is 17.9. The fourth-order valence-corrected chi connectivity index (χ4v) is 2.62. The Kier molecular flexibility index (Phi) is 5.52. The van der Waals surface area contributed by atoms with E-state index >= 15 is 0 Å². The van der Waals surface area contributed by atoms with Crippen molar-refractivity contribution in [3.8, 4) is 11.5 Å². The molecule has 0 aliphatic carbocycles. The minimum Gasteiger partial charge on any atom is -0.494 e. The zero-order valence-electron chi connectivity index (χ0n) is 13.8. The maximum atomic E-state index is 12.1. The molecule has 9 heteroatoms. The fraction of sp³-hybridized carbons (Fsp3) is 0.294. The molecule has 0 fully saturated rings. The van der Waals surface area contributed by atoms with Crippen LogP contribution in [-0.2, 0) is 4.79 Å². The molecule has 2 aromatic rings. The van der Waals surface area contributed by atoms with Gasteiger partial charge in [0, 0.05) is 17.6 Å². The van der Waals surface area contributed by atoms with Gasteiger partial charge in [0.05, 0.1) is 6.61 Å². The van der Waals surface area contributed by atoms with Crippen molar-refractivity contribution < 1.29 is 19.2 Å². The summed E-state index contributed by atoms with van der Waals surface area (Å²) in [6.45, 7) is 0.760. The summed E-state index contributed by atoms with van der Waals surface area (Å²) in [4.78, 5) is 27.8. The topological polar surface area (TPSA) is 94.8 Å². The normalized spacial score (nSPS) is 13.1. The van der Waals surface area contributed by atoms with E-state index in [4.69, 9.17) is 21.1 Å². The SMILES string of the molecule is O=C1COc2ccc([N+](=O)[O-])nc2N1CCCCOc1ccc(Cl)cc1. The van der Waals surface area contributed by atoms with Crippen molar-refractivity contribution in [3.05, 3.63) is 51.5 Å². The molecular formula is C17H16ClN3O5. The third-order valence-electron chi connectivity index (χ3n) is 3.78. The highest BCUT2D eigenvalue weighted by Crippen LogP contribution is 2.32. The molecule has 136 valence electrons. The molecular weight excluding hydrogens is 362 g/mol. The number of hydrogen-bond donors (Lipinski definition) is 0. The molecule has 0 saturated carbocycles. The molecule has 0 saturated heterocycles. The summed E-state index contributed by atoms with van der Waals surface area (Å²) in [6.07, 6.45) is 1.36. The number of carbonyl (C=O) groups excluding carboxylic acids is 1. The van der Waals surface area contributed by atoms with Crippen molar-refractivity contribution in [3.63, 3.8) is 0 Å². The number of halogens is 1. The second kappa shape index (κ2) is 8.01. The minimum atomic E-state index is -0.600. The van der Waals surface area contributed by atoms with E-state index in [1.165, 1.54) is 17.0 Å². The number of fused-ring (bicyclic) bond motifs is 1. The largest absolute Gasteiger partial charge is 0.494 e. The summed E-state index contributed by atoms with van der Waals surface area (Å²) in [6, 6.07) is 9.79. The summed E-state index contributed by atoms with van der Waals surface area (Å²) < 4.78 is 10.9. The average Bonchev–Trinajstić information content (AvgIpc) is 2.64. The molecule has 0 unspecified atom stereocenters. The first-order chi connectivity index (χ1) is 12.5. The lowest BCUT2D eigenvalue weighted by atomic mass is 10.2. The van der Waals surface area contributed by atoms with Gasteiger partial charge in [0.2, 0.25) is 0 Å². The van der Waals surface area contributed by atoms with E-state index in [1.807, 2.05) is 0 Å². The molecule has 3 rings (SSSR count). The number of aromatic nitrogens is 1. The van der Waals surface area contributed by atoms with Gasteiger partial charge in [0.1, 0.15) is 5.75 Å². The Hall–Kier alpha value is -2.87. The molecule has 26 heavy (non-hydrogen) atoms. The molecule has 0 N–H and O–H groups in total. The van der Waals surface area contributed by atoms with Crippen molar-refractivity contribution >= 4 is 29.1 Å². The number of nitrogens with zero attached hydrogens (tertiary/aromatic N) is 3. The Labute approximate surface area is 154 Å². The van der Waals surface area contributed by atoms with Crippen LogP contribution in [0.4, 0.5) is 11.6 Å². The third kappa shape index (κ3) is 4.20. The first-order valence-corrected chi connectivity index (χ1v) is 8.39. The third-order valence-corrected chi connectivity index (χ3v) is 4.03. The van der Waals surface area contributed by atoms with Crippen LogP contribution >= 0.6 is 11.6 Å². The highest BCUT2D eigenvalue weighted by atomic mass is 35.5. The zero-order valence-corrected chi connectivity index (χ0v) is 14.5. The predicted octanol–water partition coefficient (Wildman–Crippen LogP) is 3.23. The highest BCUT2D eigenvalue weighted by Gasteiger charge is 2.31. The Balaban J connectivity index is 1.56. The molecule has 1 amide bonds. The van der Waals surface area contributed by atoms with E-state index in [2.05, 4.69) is 4.98 Å². The summed E-state index contributed by atoms with van der Waals surface area (Å²) >= 11 is 5.82. The number of ether oxygens (including phenoxy) is 2. The number of rotatable bonds is 7. The van der Waals surface area contributed by atoms with Gasteiger partial charge in [-0.3, -0.25) is 9.69 Å². The zero-order chi connectivity index (χ0) is 18.5. The van der Waals surface area contributed by atoms with E-state index in [1.54, 1.807) is 24.3 Å². The number of anilines is 1. The first-order valence-electron chi connectivity index (χ1n) is 8.01. The van der Waals surface area contributed by atoms with Crippen LogP contribution in [0.2, 0.25) is 5.02 Å². The summed E-state index contributed by atoms with van der Waals surface area (Å²) in [5.41, 5.74) is 0. The van der Waals surface area contributed by atoms with Gasteiger partial charge in [-0.25, -0.2) is 0 Å². The van der Waals surface area contributed by atoms with Crippen molar-refractivity contribution in [1.29, 1.82) is 0 Å². The summed E-state index contributed by atoms with van der Waals surface area (Å²) in [5, 5.41) is 11.5. The highest BCUT2D eigenvalue weighted by molar-refractivity contribution is 6.30. The van der Waals surface area contributed by atoms with Gasteiger partial charge in [0.15, 0.2) is 12.4 Å². The molecule has 0 atom stereocenters. The Morgan fingerprint density at radius 2 is 2.00 bits per heavy atom. The number of pyridine rings is 1. The average molecular weight is 378 g/mol. The second-order valence-electron chi connectivity index (χ2n) is 5.59. The number of carbonyl (C=O) groups is 1. The van der Waals surface area contributed by atoms with Gasteiger partial charge in [-0.2, -0.15) is 0 Å². The van der Waals surface area contributed by atoms with Crippen molar-refractivity contribution in [2.24, 2.45) is 0 Å². The van der Waals surface area contributed by atoms with Crippen LogP contribution in [0.25, 0.3) is 0 Å². The molecule has 2 heterocycles. The van der Waals surface area contributed by atoms with Gasteiger partial charge >= 0.3 is 5.82 Å². The molecule has 0 spiro atoms. The molecule has 0 radical (unpaired) electrons. The Bertz CT molecular complexity index is 813. The lowest BCUT2D eigenvalue weighted by Crippen LogP contribution is -2.40. The molecule has 1 aromatic heterocycles. The van der Waals surface area contributed by atoms with Crippen LogP contribution in [0, 0.1) is 10.1 Å². The minimum absolute atomic E-state index is 0.103. The predicted molar refractivity (Wildman–Crippen MR) is 94.9 cm³/mol. The Morgan fingerprint density at radius 3 is 2.73 bits per heavy atom. The van der Waals surface area contributed by atoms with Gasteiger partial charge in [-0.05, 0) is 53.1 Å². The number of benzene rings is 1. The number of unbranched alkanes of at least 4 members (excludes halogenated alkanes) is 1. The van der Waals surface area contributed by atoms with E-state index in [-0.39, 0.29) is 24.1 Å². The molecule has 0 bridgehead atoms. The quantitative estimate of drug-likeness (QED) is 0.417. The van der Waals surface area contributed by atoms with Gasteiger partial charge in [-0.1, -0.05) is 11.6 Å². The smallest absolute Gasteiger partial charge is 0.366 e. The lowest BCUT2D eigenvalue weighted by Gasteiger charge is -2.25. The Morgan fingerprint density at radius 1 is 1.23 bits per heavy atom. The van der Waals surface area contributed by atoms with Crippen LogP contribution in [0.3, 0.4) is 0 Å². The summed E-state index contributed by atoms with van der Waals surface area (Å²) in [5.74, 6) is 0.684. The fourth-order valence-electron chi connectivity index (χ4n) is 2.49.